The van der Waals surface area contributed by atoms with Gasteiger partial charge in [0.1, 0.15) is 5.76 Å². The Balaban J connectivity index is 1.34. The van der Waals surface area contributed by atoms with Crippen molar-refractivity contribution in [2.45, 2.75) is 31.2 Å². The Bertz CT molecular complexity index is 1210. The molecule has 33 heavy (non-hydrogen) atoms. The van der Waals surface area contributed by atoms with Crippen LogP contribution in [-0.4, -0.2) is 38.1 Å². The Morgan fingerprint density at radius 2 is 1.61 bits per heavy atom. The Morgan fingerprint density at radius 3 is 2.21 bits per heavy atom. The lowest BCUT2D eigenvalue weighted by Crippen LogP contribution is -2.40. The molecule has 0 aliphatic carbocycles. The van der Waals surface area contributed by atoms with E-state index in [1.807, 2.05) is 31.2 Å². The molecule has 4 rings (SSSR count). The van der Waals surface area contributed by atoms with Crippen LogP contribution in [0.5, 0.6) is 0 Å². The topological polar surface area (TPSA) is 96.7 Å². The van der Waals surface area contributed by atoms with Crippen LogP contribution in [0.4, 0.5) is 0 Å². The van der Waals surface area contributed by atoms with Gasteiger partial charge in [0.2, 0.25) is 10.0 Å². The summed E-state index contributed by atoms with van der Waals surface area (Å²) in [6.07, 6.45) is 2.70. The van der Waals surface area contributed by atoms with Gasteiger partial charge in [0.25, 0.3) is 5.91 Å². The maximum Gasteiger partial charge on any atom is 0.253 e. The van der Waals surface area contributed by atoms with Crippen molar-refractivity contribution in [3.8, 4) is 0 Å². The van der Waals surface area contributed by atoms with E-state index < -0.39 is 10.0 Å². The second-order valence-electron chi connectivity index (χ2n) is 8.23. The van der Waals surface area contributed by atoms with Crippen LogP contribution in [0.1, 0.15) is 44.9 Å². The van der Waals surface area contributed by atoms with Gasteiger partial charge in [-0.15, -0.1) is 0 Å². The first-order chi connectivity index (χ1) is 15.8. The molecule has 2 heterocycles. The van der Waals surface area contributed by atoms with E-state index in [-0.39, 0.29) is 29.0 Å². The summed E-state index contributed by atoms with van der Waals surface area (Å²) < 4.78 is 32.5. The van der Waals surface area contributed by atoms with Crippen molar-refractivity contribution in [1.29, 1.82) is 0 Å². The van der Waals surface area contributed by atoms with Crippen molar-refractivity contribution in [3.63, 3.8) is 0 Å². The monoisotopic (exact) mass is 466 g/mol. The lowest BCUT2D eigenvalue weighted by Gasteiger charge is -2.31. The zero-order valence-corrected chi connectivity index (χ0v) is 19.2. The summed E-state index contributed by atoms with van der Waals surface area (Å²) in [7, 11) is -3.72. The third kappa shape index (κ3) is 5.40. The molecule has 8 heteroatoms. The normalized spacial score (nSPS) is 14.9. The standard InChI is InChI=1S/C25H26N2O5S/c1-18-4-6-19(7-5-18)24(28)20-12-14-27(15-13-20)25(29)21-8-10-23(11-9-21)33(30,31)26-17-22-3-2-16-32-22/h2-11,16,20,26H,12-15,17H2,1H3. The molecule has 0 radical (unpaired) electrons. The van der Waals surface area contributed by atoms with Gasteiger partial charge in [-0.05, 0) is 56.2 Å². The van der Waals surface area contributed by atoms with Crippen LogP contribution in [0.25, 0.3) is 0 Å². The summed E-state index contributed by atoms with van der Waals surface area (Å²) in [5.74, 6) is 0.376. The van der Waals surface area contributed by atoms with Crippen LogP contribution in [0, 0.1) is 12.8 Å². The van der Waals surface area contributed by atoms with E-state index in [1.165, 1.54) is 30.5 Å². The molecule has 1 saturated heterocycles. The number of likely N-dealkylation sites (tertiary alicyclic amines) is 1. The van der Waals surface area contributed by atoms with Gasteiger partial charge in [0, 0.05) is 30.1 Å². The zero-order valence-electron chi connectivity index (χ0n) is 18.4. The van der Waals surface area contributed by atoms with E-state index in [2.05, 4.69) is 4.72 Å². The number of hydrogen-bond acceptors (Lipinski definition) is 5. The van der Waals surface area contributed by atoms with Gasteiger partial charge < -0.3 is 9.32 Å². The molecule has 2 aromatic carbocycles. The summed E-state index contributed by atoms with van der Waals surface area (Å²) in [6.45, 7) is 3.02. The third-order valence-electron chi connectivity index (χ3n) is 5.92. The molecular weight excluding hydrogens is 440 g/mol. The summed E-state index contributed by atoms with van der Waals surface area (Å²) >= 11 is 0. The summed E-state index contributed by atoms with van der Waals surface area (Å²) in [6, 6.07) is 16.8. The van der Waals surface area contributed by atoms with Gasteiger partial charge >= 0.3 is 0 Å². The number of piperidine rings is 1. The number of carbonyl (C=O) groups excluding carboxylic acids is 2. The molecule has 0 saturated carbocycles. The van der Waals surface area contributed by atoms with Crippen molar-refractivity contribution in [1.82, 2.24) is 9.62 Å². The molecule has 172 valence electrons. The molecule has 0 unspecified atom stereocenters. The summed E-state index contributed by atoms with van der Waals surface area (Å²) in [5.41, 5.74) is 2.24. The molecule has 1 amide bonds. The number of furan rings is 1. The van der Waals surface area contributed by atoms with E-state index in [0.717, 1.165) is 5.56 Å². The molecule has 1 aliphatic rings. The van der Waals surface area contributed by atoms with Crippen molar-refractivity contribution in [2.24, 2.45) is 5.92 Å². The molecule has 0 atom stereocenters. The quantitative estimate of drug-likeness (QED) is 0.534. The summed E-state index contributed by atoms with van der Waals surface area (Å²) in [4.78, 5) is 27.4. The number of rotatable bonds is 7. The number of Topliss-reactive ketones (excluding diaryl/α,β-unsaturated/α-hetero) is 1. The number of carbonyl (C=O) groups is 2. The number of amides is 1. The molecule has 1 aromatic heterocycles. The first kappa shape index (κ1) is 22.9. The van der Waals surface area contributed by atoms with Gasteiger partial charge in [-0.1, -0.05) is 29.8 Å². The van der Waals surface area contributed by atoms with Crippen molar-refractivity contribution >= 4 is 21.7 Å². The molecule has 0 bridgehead atoms. The maximum absolute atomic E-state index is 12.9. The molecule has 3 aromatic rings. The lowest BCUT2D eigenvalue weighted by atomic mass is 9.88. The fraction of sp³-hybridized carbons (Fsp3) is 0.280. The second kappa shape index (κ2) is 9.72. The molecule has 1 N–H and O–H groups in total. The molecule has 1 fully saturated rings. The number of aryl methyl sites for hydroxylation is 1. The molecule has 7 nitrogen and oxygen atoms in total. The predicted molar refractivity (Wildman–Crippen MR) is 123 cm³/mol. The number of benzene rings is 2. The Labute approximate surface area is 193 Å². The third-order valence-corrected chi connectivity index (χ3v) is 7.33. The van der Waals surface area contributed by atoms with Gasteiger partial charge in [-0.2, -0.15) is 0 Å². The molecule has 1 aliphatic heterocycles. The maximum atomic E-state index is 12.9. The van der Waals surface area contributed by atoms with Crippen LogP contribution in [0.2, 0.25) is 0 Å². The van der Waals surface area contributed by atoms with Gasteiger partial charge in [-0.25, -0.2) is 13.1 Å². The first-order valence-electron chi connectivity index (χ1n) is 10.9. The van der Waals surface area contributed by atoms with Gasteiger partial charge in [-0.3, -0.25) is 9.59 Å². The molecule has 0 spiro atoms. The minimum atomic E-state index is -3.72. The van der Waals surface area contributed by atoms with E-state index in [0.29, 0.717) is 42.8 Å². The van der Waals surface area contributed by atoms with Crippen LogP contribution >= 0.6 is 0 Å². The van der Waals surface area contributed by atoms with E-state index in [1.54, 1.807) is 17.0 Å². The first-order valence-corrected chi connectivity index (χ1v) is 12.3. The van der Waals surface area contributed by atoms with Gasteiger partial charge in [0.15, 0.2) is 5.78 Å². The van der Waals surface area contributed by atoms with E-state index >= 15 is 0 Å². The molecular formula is C25H26N2O5S. The van der Waals surface area contributed by atoms with Crippen LogP contribution in [0.15, 0.2) is 76.2 Å². The average molecular weight is 467 g/mol. The van der Waals surface area contributed by atoms with Crippen molar-refractivity contribution < 1.29 is 22.4 Å². The highest BCUT2D eigenvalue weighted by molar-refractivity contribution is 7.89. The number of ketones is 1. The Kier molecular flexibility index (Phi) is 6.76. The van der Waals surface area contributed by atoms with Crippen LogP contribution in [-0.2, 0) is 16.6 Å². The largest absolute Gasteiger partial charge is 0.468 e. The predicted octanol–water partition coefficient (Wildman–Crippen LogP) is 3.80. The Hall–Kier alpha value is -3.23. The highest BCUT2D eigenvalue weighted by Gasteiger charge is 2.28. The zero-order chi connectivity index (χ0) is 23.4. The minimum absolute atomic E-state index is 0.0479. The fourth-order valence-electron chi connectivity index (χ4n) is 3.92. The highest BCUT2D eigenvalue weighted by Crippen LogP contribution is 2.23. The number of hydrogen-bond donors (Lipinski definition) is 1. The van der Waals surface area contributed by atoms with Crippen LogP contribution < -0.4 is 4.72 Å². The van der Waals surface area contributed by atoms with Gasteiger partial charge in [0.05, 0.1) is 17.7 Å². The smallest absolute Gasteiger partial charge is 0.253 e. The number of nitrogens with one attached hydrogen (secondary N) is 1. The Morgan fingerprint density at radius 1 is 0.970 bits per heavy atom. The number of nitrogens with zero attached hydrogens (tertiary/aromatic N) is 1. The van der Waals surface area contributed by atoms with Crippen molar-refractivity contribution in [2.75, 3.05) is 13.1 Å². The van der Waals surface area contributed by atoms with E-state index in [9.17, 15) is 18.0 Å². The number of sulfonamides is 1. The minimum Gasteiger partial charge on any atom is -0.468 e. The van der Waals surface area contributed by atoms with E-state index in [4.69, 9.17) is 4.42 Å². The lowest BCUT2D eigenvalue weighted by molar-refractivity contribution is 0.0650. The summed E-state index contributed by atoms with van der Waals surface area (Å²) in [5, 5.41) is 0. The fourth-order valence-corrected chi connectivity index (χ4v) is 4.91. The highest BCUT2D eigenvalue weighted by atomic mass is 32.2. The average Bonchev–Trinajstić information content (AvgIpc) is 3.37. The van der Waals surface area contributed by atoms with Crippen LogP contribution in [0.3, 0.4) is 0 Å². The SMILES string of the molecule is Cc1ccc(C(=O)C2CCN(C(=O)c3ccc(S(=O)(=O)NCc4ccco4)cc3)CC2)cc1. The van der Waals surface area contributed by atoms with Crippen molar-refractivity contribution in [3.05, 3.63) is 89.4 Å². The second-order valence-corrected chi connectivity index (χ2v) is 9.99.